The molecule has 0 bridgehead atoms. The van der Waals surface area contributed by atoms with Crippen LogP contribution in [0.2, 0.25) is 0 Å². The lowest BCUT2D eigenvalue weighted by Gasteiger charge is -2.35. The van der Waals surface area contributed by atoms with E-state index in [0.717, 1.165) is 62.1 Å². The van der Waals surface area contributed by atoms with E-state index >= 15 is 0 Å². The number of anilines is 2. The SMILES string of the molecule is Cc1nc(N2CCN(c3ccc(S(=O)(=O)N4CCCCC4)cn3)CC2)sc1C. The molecule has 152 valence electrons. The van der Waals surface area contributed by atoms with E-state index in [9.17, 15) is 8.42 Å². The average molecular weight is 422 g/mol. The molecule has 2 aromatic rings. The number of nitrogens with zero attached hydrogens (tertiary/aromatic N) is 5. The molecule has 0 radical (unpaired) electrons. The smallest absolute Gasteiger partial charge is 0.244 e. The zero-order valence-electron chi connectivity index (χ0n) is 16.5. The van der Waals surface area contributed by atoms with Crippen molar-refractivity contribution in [3.05, 3.63) is 28.9 Å². The fourth-order valence-corrected chi connectivity index (χ4v) is 6.11. The van der Waals surface area contributed by atoms with Crippen molar-refractivity contribution in [1.82, 2.24) is 14.3 Å². The van der Waals surface area contributed by atoms with E-state index in [4.69, 9.17) is 0 Å². The maximum atomic E-state index is 12.8. The van der Waals surface area contributed by atoms with E-state index in [2.05, 4.69) is 33.6 Å². The fourth-order valence-electron chi connectivity index (χ4n) is 3.68. The summed E-state index contributed by atoms with van der Waals surface area (Å²) in [6, 6.07) is 3.54. The van der Waals surface area contributed by atoms with Gasteiger partial charge >= 0.3 is 0 Å². The summed E-state index contributed by atoms with van der Waals surface area (Å²) < 4.78 is 27.1. The van der Waals surface area contributed by atoms with Gasteiger partial charge in [0.05, 0.1) is 5.69 Å². The van der Waals surface area contributed by atoms with Crippen LogP contribution < -0.4 is 9.80 Å². The predicted octanol–water partition coefficient (Wildman–Crippen LogP) is 2.66. The van der Waals surface area contributed by atoms with Gasteiger partial charge in [-0.25, -0.2) is 18.4 Å². The number of hydrogen-bond acceptors (Lipinski definition) is 7. The number of hydrogen-bond donors (Lipinski definition) is 0. The lowest BCUT2D eigenvalue weighted by atomic mass is 10.2. The number of piperidine rings is 1. The minimum absolute atomic E-state index is 0.297. The molecule has 2 saturated heterocycles. The molecule has 0 atom stereocenters. The first-order chi connectivity index (χ1) is 13.4. The van der Waals surface area contributed by atoms with Crippen molar-refractivity contribution in [2.75, 3.05) is 49.1 Å². The monoisotopic (exact) mass is 421 g/mol. The topological polar surface area (TPSA) is 69.6 Å². The highest BCUT2D eigenvalue weighted by molar-refractivity contribution is 7.89. The van der Waals surface area contributed by atoms with Gasteiger partial charge in [-0.05, 0) is 38.8 Å². The molecule has 0 saturated carbocycles. The highest BCUT2D eigenvalue weighted by atomic mass is 32.2. The maximum absolute atomic E-state index is 12.8. The van der Waals surface area contributed by atoms with Crippen molar-refractivity contribution in [2.24, 2.45) is 0 Å². The van der Waals surface area contributed by atoms with Crippen LogP contribution in [-0.4, -0.2) is 62.0 Å². The Hall–Kier alpha value is -1.71. The number of rotatable bonds is 4. The van der Waals surface area contributed by atoms with Crippen molar-refractivity contribution in [2.45, 2.75) is 38.0 Å². The molecule has 0 aromatic carbocycles. The second-order valence-corrected chi connectivity index (χ2v) is 10.5. The Morgan fingerprint density at radius 3 is 2.18 bits per heavy atom. The first-order valence-electron chi connectivity index (χ1n) is 9.85. The van der Waals surface area contributed by atoms with Crippen LogP contribution in [0.3, 0.4) is 0 Å². The first-order valence-corrected chi connectivity index (χ1v) is 12.1. The molecule has 2 aromatic heterocycles. The Morgan fingerprint density at radius 2 is 1.61 bits per heavy atom. The molecular weight excluding hydrogens is 394 g/mol. The van der Waals surface area contributed by atoms with Crippen LogP contribution in [-0.2, 0) is 10.0 Å². The largest absolute Gasteiger partial charge is 0.353 e. The average Bonchev–Trinajstić information content (AvgIpc) is 3.07. The standard InChI is InChI=1S/C19H27N5O2S2/c1-15-16(2)27-19(21-15)23-12-10-22(11-13-23)18-7-6-17(14-20-18)28(25,26)24-8-4-3-5-9-24/h6-7,14H,3-5,8-13H2,1-2H3. The van der Waals surface area contributed by atoms with E-state index in [1.165, 1.54) is 11.1 Å². The number of aryl methyl sites for hydroxylation is 2. The lowest BCUT2D eigenvalue weighted by Crippen LogP contribution is -2.46. The van der Waals surface area contributed by atoms with Crippen molar-refractivity contribution in [3.8, 4) is 0 Å². The number of piperazine rings is 1. The molecular formula is C19H27N5O2S2. The molecule has 0 spiro atoms. The van der Waals surface area contributed by atoms with Crippen molar-refractivity contribution >= 4 is 32.3 Å². The van der Waals surface area contributed by atoms with Gasteiger partial charge in [-0.15, -0.1) is 11.3 Å². The number of thiazole rings is 1. The molecule has 0 amide bonds. The van der Waals surface area contributed by atoms with Gasteiger partial charge in [0.1, 0.15) is 10.7 Å². The third-order valence-electron chi connectivity index (χ3n) is 5.56. The first kappa shape index (κ1) is 19.6. The Balaban J connectivity index is 1.41. The summed E-state index contributed by atoms with van der Waals surface area (Å²) in [5, 5.41) is 1.09. The van der Waals surface area contributed by atoms with Gasteiger partial charge in [0, 0.05) is 50.3 Å². The highest BCUT2D eigenvalue weighted by Gasteiger charge is 2.27. The summed E-state index contributed by atoms with van der Waals surface area (Å²) in [4.78, 5) is 15.2. The molecule has 0 aliphatic carbocycles. The van der Waals surface area contributed by atoms with Crippen LogP contribution in [0.1, 0.15) is 29.8 Å². The molecule has 2 aliphatic rings. The quantitative estimate of drug-likeness (QED) is 0.756. The molecule has 0 N–H and O–H groups in total. The van der Waals surface area contributed by atoms with E-state index < -0.39 is 10.0 Å². The van der Waals surface area contributed by atoms with Crippen LogP contribution in [0.25, 0.3) is 0 Å². The van der Waals surface area contributed by atoms with Crippen molar-refractivity contribution in [3.63, 3.8) is 0 Å². The van der Waals surface area contributed by atoms with E-state index in [0.29, 0.717) is 18.0 Å². The van der Waals surface area contributed by atoms with Crippen molar-refractivity contribution < 1.29 is 8.42 Å². The van der Waals surface area contributed by atoms with Crippen LogP contribution in [0, 0.1) is 13.8 Å². The van der Waals surface area contributed by atoms with E-state index in [1.807, 2.05) is 6.07 Å². The second-order valence-electron chi connectivity index (χ2n) is 7.43. The zero-order chi connectivity index (χ0) is 19.7. The van der Waals surface area contributed by atoms with Gasteiger partial charge < -0.3 is 9.80 Å². The normalized spacial score (nSPS) is 19.2. The van der Waals surface area contributed by atoms with Gasteiger partial charge in [0.15, 0.2) is 5.13 Å². The zero-order valence-corrected chi connectivity index (χ0v) is 18.1. The Kier molecular flexibility index (Phi) is 5.57. The molecule has 28 heavy (non-hydrogen) atoms. The third kappa shape index (κ3) is 3.88. The lowest BCUT2D eigenvalue weighted by molar-refractivity contribution is 0.346. The fraction of sp³-hybridized carbons (Fsp3) is 0.579. The van der Waals surface area contributed by atoms with Crippen LogP contribution >= 0.6 is 11.3 Å². The number of aromatic nitrogens is 2. The van der Waals surface area contributed by atoms with Gasteiger partial charge in [0.2, 0.25) is 10.0 Å². The van der Waals surface area contributed by atoms with Gasteiger partial charge in [-0.3, -0.25) is 0 Å². The summed E-state index contributed by atoms with van der Waals surface area (Å²) in [6.07, 6.45) is 4.49. The molecule has 2 aliphatic heterocycles. The van der Waals surface area contributed by atoms with Gasteiger partial charge in [-0.2, -0.15) is 4.31 Å². The minimum Gasteiger partial charge on any atom is -0.353 e. The third-order valence-corrected chi connectivity index (χ3v) is 8.58. The summed E-state index contributed by atoms with van der Waals surface area (Å²) >= 11 is 1.75. The van der Waals surface area contributed by atoms with Gasteiger partial charge in [-0.1, -0.05) is 6.42 Å². The van der Waals surface area contributed by atoms with Crippen molar-refractivity contribution in [1.29, 1.82) is 0 Å². The summed E-state index contributed by atoms with van der Waals surface area (Å²) in [5.41, 5.74) is 1.11. The molecule has 4 heterocycles. The molecule has 0 unspecified atom stereocenters. The number of pyridine rings is 1. The van der Waals surface area contributed by atoms with Crippen LogP contribution in [0.15, 0.2) is 23.2 Å². The molecule has 9 heteroatoms. The van der Waals surface area contributed by atoms with Crippen LogP contribution in [0.5, 0.6) is 0 Å². The Morgan fingerprint density at radius 1 is 0.929 bits per heavy atom. The van der Waals surface area contributed by atoms with Crippen LogP contribution in [0.4, 0.5) is 10.9 Å². The minimum atomic E-state index is -3.42. The summed E-state index contributed by atoms with van der Waals surface area (Å²) in [5.74, 6) is 0.837. The molecule has 2 fully saturated rings. The summed E-state index contributed by atoms with van der Waals surface area (Å²) in [7, 11) is -3.42. The Labute approximate surface area is 171 Å². The van der Waals surface area contributed by atoms with E-state index in [-0.39, 0.29) is 0 Å². The maximum Gasteiger partial charge on any atom is 0.244 e. The Bertz CT molecular complexity index is 893. The highest BCUT2D eigenvalue weighted by Crippen LogP contribution is 2.27. The molecule has 4 rings (SSSR count). The van der Waals surface area contributed by atoms with E-state index in [1.54, 1.807) is 21.7 Å². The number of sulfonamides is 1. The predicted molar refractivity (Wildman–Crippen MR) is 113 cm³/mol. The van der Waals surface area contributed by atoms with Gasteiger partial charge in [0.25, 0.3) is 0 Å². The molecule has 7 nitrogen and oxygen atoms in total. The second kappa shape index (κ2) is 7.96. The summed E-state index contributed by atoms with van der Waals surface area (Å²) in [6.45, 7) is 8.87.